The number of nitrogens with one attached hydrogen (secondary N) is 1. The molecule has 3 N–H and O–H groups in total. The van der Waals surface area contributed by atoms with Gasteiger partial charge in [-0.2, -0.15) is 0 Å². The fourth-order valence-electron chi connectivity index (χ4n) is 9.61. The molecule has 0 aliphatic carbocycles. The van der Waals surface area contributed by atoms with E-state index in [4.69, 9.17) is 4.74 Å². The van der Waals surface area contributed by atoms with Crippen molar-refractivity contribution in [3.05, 3.63) is 36.5 Å². The monoisotopic (exact) mass is 984 g/mol. The van der Waals surface area contributed by atoms with Crippen molar-refractivity contribution in [1.82, 2.24) is 5.32 Å². The van der Waals surface area contributed by atoms with Crippen molar-refractivity contribution in [2.45, 2.75) is 347 Å². The van der Waals surface area contributed by atoms with E-state index in [1.807, 2.05) is 6.08 Å². The third kappa shape index (κ3) is 55.4. The van der Waals surface area contributed by atoms with Gasteiger partial charge in [-0.1, -0.05) is 294 Å². The predicted molar refractivity (Wildman–Crippen MR) is 306 cm³/mol. The molecule has 6 nitrogen and oxygen atoms in total. The first kappa shape index (κ1) is 68.1. The van der Waals surface area contributed by atoms with E-state index in [9.17, 15) is 19.8 Å². The molecule has 2 atom stereocenters. The number of rotatable bonds is 58. The minimum absolute atomic E-state index is 0.0179. The summed E-state index contributed by atoms with van der Waals surface area (Å²) in [5, 5.41) is 23.2. The summed E-state index contributed by atoms with van der Waals surface area (Å²) in [6, 6.07) is -0.642. The van der Waals surface area contributed by atoms with Gasteiger partial charge in [0.15, 0.2) is 0 Å². The number of amides is 1. The third-order valence-electron chi connectivity index (χ3n) is 14.4. The highest BCUT2D eigenvalue weighted by atomic mass is 16.5. The lowest BCUT2D eigenvalue weighted by atomic mass is 10.0. The Morgan fingerprint density at radius 3 is 1.11 bits per heavy atom. The van der Waals surface area contributed by atoms with E-state index in [-0.39, 0.29) is 18.5 Å². The zero-order valence-corrected chi connectivity index (χ0v) is 47.0. The maximum Gasteiger partial charge on any atom is 0.305 e. The molecule has 6 heteroatoms. The topological polar surface area (TPSA) is 95.9 Å². The van der Waals surface area contributed by atoms with Crippen LogP contribution in [-0.4, -0.2) is 47.4 Å². The van der Waals surface area contributed by atoms with Gasteiger partial charge in [-0.15, -0.1) is 0 Å². The standard InChI is InChI=1S/C64H121NO5/c1-3-5-7-9-11-13-15-17-19-21-22-23-24-25-26-27-29-30-32-36-40-44-48-52-56-62(67)61(60-66)65-63(68)57-53-49-45-41-37-34-35-39-43-47-51-55-59-70-64(69)58-54-50-46-42-38-33-31-28-20-18-16-14-12-10-8-6-4-2/h12,14,18,20,52,56,61-62,66-67H,3-11,13,15-17,19,21-51,53-55,57-60H2,1-2H3,(H,65,68)/b14-12-,20-18-,56-52+. The summed E-state index contributed by atoms with van der Waals surface area (Å²) in [5.74, 6) is -0.0990. The molecule has 70 heavy (non-hydrogen) atoms. The Balaban J connectivity index is 3.48. The van der Waals surface area contributed by atoms with Gasteiger partial charge in [-0.05, 0) is 64.2 Å². The first-order chi connectivity index (χ1) is 34.5. The van der Waals surface area contributed by atoms with Crippen LogP contribution in [0.5, 0.6) is 0 Å². The van der Waals surface area contributed by atoms with Crippen LogP contribution in [0, 0.1) is 0 Å². The van der Waals surface area contributed by atoms with Crippen LogP contribution in [0.2, 0.25) is 0 Å². The Bertz CT molecular complexity index is 1130. The Hall–Kier alpha value is -1.92. The average Bonchev–Trinajstić information content (AvgIpc) is 3.36. The molecule has 1 amide bonds. The van der Waals surface area contributed by atoms with E-state index < -0.39 is 12.1 Å². The molecule has 0 aliphatic rings. The number of carbonyl (C=O) groups excluding carboxylic acids is 2. The quantitative estimate of drug-likeness (QED) is 0.0321. The maximum absolute atomic E-state index is 12.5. The lowest BCUT2D eigenvalue weighted by Crippen LogP contribution is -2.45. The van der Waals surface area contributed by atoms with E-state index in [2.05, 4.69) is 43.5 Å². The van der Waals surface area contributed by atoms with Crippen LogP contribution in [0.4, 0.5) is 0 Å². The highest BCUT2D eigenvalue weighted by molar-refractivity contribution is 5.76. The zero-order chi connectivity index (χ0) is 50.7. The van der Waals surface area contributed by atoms with Crippen LogP contribution < -0.4 is 5.32 Å². The van der Waals surface area contributed by atoms with Crippen LogP contribution in [0.25, 0.3) is 0 Å². The fourth-order valence-corrected chi connectivity index (χ4v) is 9.61. The lowest BCUT2D eigenvalue weighted by molar-refractivity contribution is -0.143. The number of hydrogen-bond donors (Lipinski definition) is 3. The molecule has 0 saturated heterocycles. The summed E-state index contributed by atoms with van der Waals surface area (Å²) in [4.78, 5) is 24.6. The van der Waals surface area contributed by atoms with Gasteiger partial charge < -0.3 is 20.3 Å². The van der Waals surface area contributed by atoms with Gasteiger partial charge >= 0.3 is 5.97 Å². The number of hydrogen-bond acceptors (Lipinski definition) is 5. The summed E-state index contributed by atoms with van der Waals surface area (Å²) in [5.41, 5.74) is 0. The largest absolute Gasteiger partial charge is 0.466 e. The number of aliphatic hydroxyl groups is 2. The molecule has 0 bridgehead atoms. The van der Waals surface area contributed by atoms with E-state index in [0.717, 1.165) is 64.2 Å². The molecule has 0 spiro atoms. The second-order valence-electron chi connectivity index (χ2n) is 21.4. The van der Waals surface area contributed by atoms with Crippen molar-refractivity contribution in [3.8, 4) is 0 Å². The lowest BCUT2D eigenvalue weighted by Gasteiger charge is -2.20. The van der Waals surface area contributed by atoms with Crippen LogP contribution in [0.15, 0.2) is 36.5 Å². The molecule has 0 aromatic rings. The molecule has 2 unspecified atom stereocenters. The van der Waals surface area contributed by atoms with Gasteiger partial charge in [-0.25, -0.2) is 0 Å². The predicted octanol–water partition coefficient (Wildman–Crippen LogP) is 19.6. The van der Waals surface area contributed by atoms with E-state index >= 15 is 0 Å². The van der Waals surface area contributed by atoms with Gasteiger partial charge in [0.05, 0.1) is 25.4 Å². The number of allylic oxidation sites excluding steroid dienone is 5. The zero-order valence-electron chi connectivity index (χ0n) is 47.0. The van der Waals surface area contributed by atoms with E-state index in [1.165, 1.54) is 244 Å². The molecule has 0 radical (unpaired) electrons. The summed E-state index contributed by atoms with van der Waals surface area (Å²) >= 11 is 0. The highest BCUT2D eigenvalue weighted by Crippen LogP contribution is 2.17. The van der Waals surface area contributed by atoms with Gasteiger partial charge in [0.1, 0.15) is 0 Å². The van der Waals surface area contributed by atoms with Crippen molar-refractivity contribution >= 4 is 11.9 Å². The molecule has 0 aromatic carbocycles. The molecule has 0 aliphatic heterocycles. The van der Waals surface area contributed by atoms with Crippen molar-refractivity contribution < 1.29 is 24.5 Å². The summed E-state index contributed by atoms with van der Waals surface area (Å²) in [7, 11) is 0. The number of carbonyl (C=O) groups is 2. The Morgan fingerprint density at radius 1 is 0.400 bits per heavy atom. The average molecular weight is 985 g/mol. The number of unbranched alkanes of at least 4 members (excludes halogenated alkanes) is 43. The second kappa shape index (κ2) is 59.6. The Morgan fingerprint density at radius 2 is 0.714 bits per heavy atom. The van der Waals surface area contributed by atoms with Gasteiger partial charge in [0.2, 0.25) is 5.91 Å². The molecule has 0 aromatic heterocycles. The van der Waals surface area contributed by atoms with Crippen LogP contribution in [0.1, 0.15) is 335 Å². The van der Waals surface area contributed by atoms with Crippen molar-refractivity contribution in [3.63, 3.8) is 0 Å². The maximum atomic E-state index is 12.5. The van der Waals surface area contributed by atoms with Crippen molar-refractivity contribution in [2.75, 3.05) is 13.2 Å². The molecule has 0 rings (SSSR count). The van der Waals surface area contributed by atoms with E-state index in [0.29, 0.717) is 19.4 Å². The van der Waals surface area contributed by atoms with Crippen LogP contribution >= 0.6 is 0 Å². The molecule has 0 saturated carbocycles. The molecular formula is C64H121NO5. The minimum atomic E-state index is -0.857. The van der Waals surface area contributed by atoms with Gasteiger partial charge in [0.25, 0.3) is 0 Å². The first-order valence-electron chi connectivity index (χ1n) is 31.3. The smallest absolute Gasteiger partial charge is 0.305 e. The summed E-state index contributed by atoms with van der Waals surface area (Å²) in [6.07, 6.45) is 74.6. The van der Waals surface area contributed by atoms with E-state index in [1.54, 1.807) is 6.08 Å². The highest BCUT2D eigenvalue weighted by Gasteiger charge is 2.18. The van der Waals surface area contributed by atoms with Crippen LogP contribution in [-0.2, 0) is 14.3 Å². The number of aliphatic hydroxyl groups excluding tert-OH is 2. The van der Waals surface area contributed by atoms with Crippen LogP contribution in [0.3, 0.4) is 0 Å². The van der Waals surface area contributed by atoms with Crippen molar-refractivity contribution in [2.24, 2.45) is 0 Å². The molecule has 0 fully saturated rings. The van der Waals surface area contributed by atoms with Crippen molar-refractivity contribution in [1.29, 1.82) is 0 Å². The minimum Gasteiger partial charge on any atom is -0.466 e. The molecular weight excluding hydrogens is 863 g/mol. The fraction of sp³-hybridized carbons (Fsp3) is 0.875. The molecule has 412 valence electrons. The number of ether oxygens (including phenoxy) is 1. The Kier molecular flexibility index (Phi) is 58.0. The summed E-state index contributed by atoms with van der Waals surface area (Å²) < 4.78 is 5.48. The Labute approximate surface area is 436 Å². The SMILES string of the molecule is CCCCC/C=C\C/C=C\CCCCCCCCCC(=O)OCCCCCCCCCCCCCCC(=O)NC(CO)C(O)/C=C/CCCCCCCCCCCCCCCCCCCCCCCC. The first-order valence-corrected chi connectivity index (χ1v) is 31.3. The van der Waals surface area contributed by atoms with Gasteiger partial charge in [-0.3, -0.25) is 9.59 Å². The van der Waals surface area contributed by atoms with Gasteiger partial charge in [0, 0.05) is 12.8 Å². The third-order valence-corrected chi connectivity index (χ3v) is 14.4. The molecule has 0 heterocycles. The summed E-state index contributed by atoms with van der Waals surface area (Å²) in [6.45, 7) is 4.86. The number of esters is 1. The second-order valence-corrected chi connectivity index (χ2v) is 21.4. The normalized spacial score (nSPS) is 12.8.